The molecular weight excluding hydrogens is 451 g/mol. The van der Waals surface area contributed by atoms with Gasteiger partial charge < -0.3 is 16.0 Å². The van der Waals surface area contributed by atoms with Gasteiger partial charge in [-0.3, -0.25) is 4.79 Å². The molecule has 2 aromatic rings. The fourth-order valence-electron chi connectivity index (χ4n) is 3.04. The topological polar surface area (TPSA) is 70.7 Å². The molecule has 1 aliphatic rings. The van der Waals surface area contributed by atoms with E-state index in [-0.39, 0.29) is 29.9 Å². The molecule has 0 unspecified atom stereocenters. The van der Waals surface area contributed by atoms with Crippen molar-refractivity contribution in [2.45, 2.75) is 39.2 Å². The van der Waals surface area contributed by atoms with Gasteiger partial charge in [0.1, 0.15) is 0 Å². The van der Waals surface area contributed by atoms with E-state index >= 15 is 0 Å². The molecule has 0 aliphatic carbocycles. The zero-order valence-corrected chi connectivity index (χ0v) is 18.1. The summed E-state index contributed by atoms with van der Waals surface area (Å²) in [5.41, 5.74) is 10.2. The van der Waals surface area contributed by atoms with Crippen molar-refractivity contribution < 1.29 is 4.79 Å². The second-order valence-electron chi connectivity index (χ2n) is 6.92. The maximum atomic E-state index is 11.8. The van der Waals surface area contributed by atoms with Crippen LogP contribution in [0.3, 0.4) is 0 Å². The van der Waals surface area contributed by atoms with Gasteiger partial charge in [0.2, 0.25) is 5.91 Å². The summed E-state index contributed by atoms with van der Waals surface area (Å²) in [6.07, 6.45) is 1.58. The lowest BCUT2D eigenvalue weighted by molar-refractivity contribution is -0.117. The number of carbonyl (C=O) groups excluding carboxylic acids is 1. The Hall–Kier alpha value is -2.09. The van der Waals surface area contributed by atoms with Crippen LogP contribution in [0.2, 0.25) is 0 Å². The minimum absolute atomic E-state index is 0. The quantitative estimate of drug-likeness (QED) is 0.378. The maximum Gasteiger partial charge on any atom is 0.227 e. The first kappa shape index (κ1) is 21.2. The molecule has 3 N–H and O–H groups in total. The van der Waals surface area contributed by atoms with Gasteiger partial charge in [-0.25, -0.2) is 4.99 Å². The number of guanidine groups is 1. The predicted octanol–water partition coefficient (Wildman–Crippen LogP) is 4.48. The molecule has 2 aromatic carbocycles. The van der Waals surface area contributed by atoms with Crippen LogP contribution in [-0.2, 0) is 11.3 Å². The smallest absolute Gasteiger partial charge is 0.227 e. The van der Waals surface area contributed by atoms with Crippen molar-refractivity contribution >= 4 is 47.2 Å². The molecule has 1 aliphatic heterocycles. The highest BCUT2D eigenvalue weighted by atomic mass is 127. The summed E-state index contributed by atoms with van der Waals surface area (Å²) in [5.74, 6) is 1.06. The molecule has 0 saturated carbocycles. The van der Waals surface area contributed by atoms with E-state index in [1.807, 2.05) is 41.3 Å². The number of nitrogens with two attached hydrogens (primary N) is 1. The van der Waals surface area contributed by atoms with Gasteiger partial charge in [-0.1, -0.05) is 38.1 Å². The minimum Gasteiger partial charge on any atom is -0.370 e. The van der Waals surface area contributed by atoms with Gasteiger partial charge in [0, 0.05) is 24.3 Å². The van der Waals surface area contributed by atoms with E-state index < -0.39 is 0 Å². The second-order valence-corrected chi connectivity index (χ2v) is 6.92. The van der Waals surface area contributed by atoms with Crippen molar-refractivity contribution in [1.29, 1.82) is 0 Å². The number of halogens is 1. The number of benzene rings is 2. The van der Waals surface area contributed by atoms with E-state index in [1.165, 1.54) is 5.56 Å². The van der Waals surface area contributed by atoms with Crippen molar-refractivity contribution in [3.05, 3.63) is 59.7 Å². The molecular formula is C21H27IN4O. The Balaban J connectivity index is 0.00000261. The van der Waals surface area contributed by atoms with Gasteiger partial charge >= 0.3 is 0 Å². The number of hydrogen-bond acceptors (Lipinski definition) is 2. The minimum atomic E-state index is 0. The molecule has 1 amide bonds. The molecule has 5 nitrogen and oxygen atoms in total. The number of anilines is 2. The number of aliphatic imine (C=N–C) groups is 1. The maximum absolute atomic E-state index is 11.8. The van der Waals surface area contributed by atoms with E-state index in [4.69, 9.17) is 5.73 Å². The number of rotatable bonds is 5. The van der Waals surface area contributed by atoms with Crippen molar-refractivity contribution in [3.63, 3.8) is 0 Å². The first-order valence-corrected chi connectivity index (χ1v) is 9.09. The summed E-state index contributed by atoms with van der Waals surface area (Å²) < 4.78 is 0. The van der Waals surface area contributed by atoms with Gasteiger partial charge in [0.25, 0.3) is 0 Å². The first-order chi connectivity index (χ1) is 12.5. The molecule has 0 radical (unpaired) electrons. The molecule has 0 bridgehead atoms. The van der Waals surface area contributed by atoms with Crippen molar-refractivity contribution in [3.8, 4) is 0 Å². The largest absolute Gasteiger partial charge is 0.370 e. The third-order valence-electron chi connectivity index (χ3n) is 4.58. The fourth-order valence-corrected chi connectivity index (χ4v) is 3.04. The van der Waals surface area contributed by atoms with Crippen LogP contribution in [-0.4, -0.2) is 18.4 Å². The van der Waals surface area contributed by atoms with Gasteiger partial charge in [-0.15, -0.1) is 24.0 Å². The molecule has 3 rings (SSSR count). The van der Waals surface area contributed by atoms with Crippen molar-refractivity contribution in [2.75, 3.05) is 16.8 Å². The average Bonchev–Trinajstić information content (AvgIpc) is 3.06. The highest BCUT2D eigenvalue weighted by molar-refractivity contribution is 14.0. The Kier molecular flexibility index (Phi) is 7.65. The second kappa shape index (κ2) is 9.73. The van der Waals surface area contributed by atoms with Crippen LogP contribution >= 0.6 is 24.0 Å². The summed E-state index contributed by atoms with van der Waals surface area (Å²) in [4.78, 5) is 18.0. The molecule has 1 saturated heterocycles. The van der Waals surface area contributed by atoms with E-state index in [1.54, 1.807) is 0 Å². The Morgan fingerprint density at radius 3 is 2.59 bits per heavy atom. The van der Waals surface area contributed by atoms with Gasteiger partial charge in [-0.05, 0) is 47.7 Å². The molecule has 144 valence electrons. The number of amides is 1. The van der Waals surface area contributed by atoms with Gasteiger partial charge in [0.05, 0.1) is 6.54 Å². The number of hydrogen-bond donors (Lipinski definition) is 2. The molecule has 1 heterocycles. The third-order valence-corrected chi connectivity index (χ3v) is 4.58. The van der Waals surface area contributed by atoms with Crippen LogP contribution in [0, 0.1) is 0 Å². The van der Waals surface area contributed by atoms with Crippen LogP contribution in [0.1, 0.15) is 43.7 Å². The fraction of sp³-hybridized carbons (Fsp3) is 0.333. The highest BCUT2D eigenvalue weighted by Gasteiger charge is 2.21. The zero-order valence-electron chi connectivity index (χ0n) is 15.8. The third kappa shape index (κ3) is 5.69. The summed E-state index contributed by atoms with van der Waals surface area (Å²) in [6, 6.07) is 16.1. The highest BCUT2D eigenvalue weighted by Crippen LogP contribution is 2.22. The van der Waals surface area contributed by atoms with Crippen molar-refractivity contribution in [1.82, 2.24) is 0 Å². The summed E-state index contributed by atoms with van der Waals surface area (Å²) in [6.45, 7) is 5.63. The monoisotopic (exact) mass is 478 g/mol. The van der Waals surface area contributed by atoms with E-state index in [0.29, 0.717) is 24.8 Å². The van der Waals surface area contributed by atoms with E-state index in [9.17, 15) is 4.79 Å². The van der Waals surface area contributed by atoms with Crippen LogP contribution in [0.15, 0.2) is 53.5 Å². The number of carbonyl (C=O) groups is 1. The lowest BCUT2D eigenvalue weighted by Gasteiger charge is -2.15. The molecule has 6 heteroatoms. The van der Waals surface area contributed by atoms with E-state index in [2.05, 4.69) is 36.3 Å². The molecule has 0 aromatic heterocycles. The Morgan fingerprint density at radius 2 is 1.96 bits per heavy atom. The van der Waals surface area contributed by atoms with Crippen LogP contribution < -0.4 is 16.0 Å². The van der Waals surface area contributed by atoms with Crippen LogP contribution in [0.4, 0.5) is 11.4 Å². The van der Waals surface area contributed by atoms with E-state index in [0.717, 1.165) is 29.9 Å². The number of nitrogens with zero attached hydrogens (tertiary/aromatic N) is 2. The Labute approximate surface area is 178 Å². The SMILES string of the molecule is CC(C)c1cccc(NC(N)=NCc2ccc(N3CCCC3=O)cc2)c1.I. The lowest BCUT2D eigenvalue weighted by Crippen LogP contribution is -2.23. The van der Waals surface area contributed by atoms with Crippen LogP contribution in [0.25, 0.3) is 0 Å². The summed E-state index contributed by atoms with van der Waals surface area (Å²) >= 11 is 0. The predicted molar refractivity (Wildman–Crippen MR) is 123 cm³/mol. The van der Waals surface area contributed by atoms with Gasteiger partial charge in [-0.2, -0.15) is 0 Å². The molecule has 0 spiro atoms. The molecule has 1 fully saturated rings. The first-order valence-electron chi connectivity index (χ1n) is 9.09. The Bertz CT molecular complexity index is 802. The summed E-state index contributed by atoms with van der Waals surface area (Å²) in [7, 11) is 0. The zero-order chi connectivity index (χ0) is 18.5. The normalized spacial score (nSPS) is 14.4. The van der Waals surface area contributed by atoms with Crippen LogP contribution in [0.5, 0.6) is 0 Å². The Morgan fingerprint density at radius 1 is 1.22 bits per heavy atom. The molecule has 0 atom stereocenters. The lowest BCUT2D eigenvalue weighted by atomic mass is 10.0. The average molecular weight is 478 g/mol. The molecule has 27 heavy (non-hydrogen) atoms. The number of nitrogens with one attached hydrogen (secondary N) is 1. The summed E-state index contributed by atoms with van der Waals surface area (Å²) in [5, 5.41) is 3.14. The standard InChI is InChI=1S/C21H26N4O.HI/c1-15(2)17-5-3-6-18(13-17)24-21(22)23-14-16-8-10-19(11-9-16)25-12-4-7-20(25)26;/h3,5-6,8-11,13,15H,4,7,12,14H2,1-2H3,(H3,22,23,24);1H. The van der Waals surface area contributed by atoms with Gasteiger partial charge in [0.15, 0.2) is 5.96 Å². The van der Waals surface area contributed by atoms with Crippen molar-refractivity contribution in [2.24, 2.45) is 10.7 Å².